The second-order valence-corrected chi connectivity index (χ2v) is 5.66. The molecule has 1 saturated heterocycles. The molecule has 0 aliphatic carbocycles. The van der Waals surface area contributed by atoms with Crippen LogP contribution < -0.4 is 5.32 Å². The van der Waals surface area contributed by atoms with Crippen molar-refractivity contribution >= 4 is 0 Å². The lowest BCUT2D eigenvalue weighted by molar-refractivity contribution is 0.0831. The maximum atomic E-state index is 3.66. The molecule has 0 amide bonds. The van der Waals surface area contributed by atoms with Crippen LogP contribution in [0.25, 0.3) is 0 Å². The average Bonchev–Trinajstić information content (AvgIpc) is 2.30. The molecule has 0 aromatic carbocycles. The molecule has 0 aromatic heterocycles. The van der Waals surface area contributed by atoms with Crippen LogP contribution in [-0.4, -0.2) is 61.7 Å². The monoisotopic (exact) mass is 241 g/mol. The number of piperazine rings is 1. The Morgan fingerprint density at radius 1 is 1.29 bits per heavy atom. The molecule has 1 aliphatic rings. The molecule has 1 rings (SSSR count). The molecule has 1 heterocycles. The normalized spacial score (nSPS) is 27.0. The van der Waals surface area contributed by atoms with Gasteiger partial charge in [0.05, 0.1) is 0 Å². The zero-order chi connectivity index (χ0) is 12.8. The lowest BCUT2D eigenvalue weighted by atomic mass is 9.97. The van der Waals surface area contributed by atoms with Gasteiger partial charge in [-0.05, 0) is 26.4 Å². The van der Waals surface area contributed by atoms with Gasteiger partial charge in [0.1, 0.15) is 0 Å². The predicted molar refractivity (Wildman–Crippen MR) is 75.5 cm³/mol. The second kappa shape index (κ2) is 7.34. The van der Waals surface area contributed by atoms with Crippen LogP contribution in [0, 0.1) is 5.92 Å². The Kier molecular flexibility index (Phi) is 6.45. The summed E-state index contributed by atoms with van der Waals surface area (Å²) in [5.41, 5.74) is 0. The molecule has 1 fully saturated rings. The summed E-state index contributed by atoms with van der Waals surface area (Å²) < 4.78 is 0. The van der Waals surface area contributed by atoms with Crippen molar-refractivity contribution in [2.24, 2.45) is 5.92 Å². The third kappa shape index (κ3) is 4.57. The van der Waals surface area contributed by atoms with Gasteiger partial charge in [-0.2, -0.15) is 0 Å². The minimum Gasteiger partial charge on any atom is -0.313 e. The molecule has 0 bridgehead atoms. The van der Waals surface area contributed by atoms with Gasteiger partial charge in [0.15, 0.2) is 0 Å². The molecule has 102 valence electrons. The smallest absolute Gasteiger partial charge is 0.0220 e. The van der Waals surface area contributed by atoms with Crippen molar-refractivity contribution in [1.82, 2.24) is 15.1 Å². The molecule has 0 spiro atoms. The Bertz CT molecular complexity index is 208. The molecular formula is C14H31N3. The zero-order valence-corrected chi connectivity index (χ0v) is 12.4. The summed E-state index contributed by atoms with van der Waals surface area (Å²) in [6.07, 6.45) is 1.26. The Labute approximate surface area is 108 Å². The van der Waals surface area contributed by atoms with Gasteiger partial charge >= 0.3 is 0 Å². The summed E-state index contributed by atoms with van der Waals surface area (Å²) in [4.78, 5) is 5.09. The molecule has 3 unspecified atom stereocenters. The standard InChI is InChI=1S/C14H31N3/c1-6-12(3)14(15-7-2)11-17-9-8-16(5)10-13(17)4/h12-15H,6-11H2,1-5H3. The summed E-state index contributed by atoms with van der Waals surface area (Å²) in [5.74, 6) is 0.766. The topological polar surface area (TPSA) is 18.5 Å². The van der Waals surface area contributed by atoms with Gasteiger partial charge in [0.25, 0.3) is 0 Å². The summed E-state index contributed by atoms with van der Waals surface area (Å²) in [6, 6.07) is 1.34. The fraction of sp³-hybridized carbons (Fsp3) is 1.00. The van der Waals surface area contributed by atoms with E-state index in [0.717, 1.165) is 12.5 Å². The Balaban J connectivity index is 2.48. The maximum Gasteiger partial charge on any atom is 0.0220 e. The van der Waals surface area contributed by atoms with Crippen molar-refractivity contribution in [1.29, 1.82) is 0 Å². The van der Waals surface area contributed by atoms with Crippen molar-refractivity contribution < 1.29 is 0 Å². The summed E-state index contributed by atoms with van der Waals surface area (Å²) in [6.45, 7) is 15.2. The lowest BCUT2D eigenvalue weighted by Gasteiger charge is -2.41. The highest BCUT2D eigenvalue weighted by Gasteiger charge is 2.25. The van der Waals surface area contributed by atoms with Gasteiger partial charge in [-0.3, -0.25) is 4.90 Å². The fourth-order valence-corrected chi connectivity index (χ4v) is 2.69. The van der Waals surface area contributed by atoms with E-state index in [0.29, 0.717) is 12.1 Å². The molecule has 3 heteroatoms. The van der Waals surface area contributed by atoms with Gasteiger partial charge in [-0.1, -0.05) is 27.2 Å². The van der Waals surface area contributed by atoms with E-state index in [4.69, 9.17) is 0 Å². The van der Waals surface area contributed by atoms with Crippen molar-refractivity contribution in [2.45, 2.75) is 46.2 Å². The minimum absolute atomic E-state index is 0.649. The third-order valence-corrected chi connectivity index (χ3v) is 4.20. The number of rotatable bonds is 6. The van der Waals surface area contributed by atoms with Crippen LogP contribution in [0.15, 0.2) is 0 Å². The van der Waals surface area contributed by atoms with E-state index < -0.39 is 0 Å². The maximum absolute atomic E-state index is 3.66. The van der Waals surface area contributed by atoms with E-state index in [2.05, 4.69) is 49.9 Å². The molecule has 0 saturated carbocycles. The minimum atomic E-state index is 0.649. The molecule has 3 nitrogen and oxygen atoms in total. The first-order valence-corrected chi connectivity index (χ1v) is 7.24. The quantitative estimate of drug-likeness (QED) is 0.763. The highest BCUT2D eigenvalue weighted by atomic mass is 15.3. The Hall–Kier alpha value is -0.120. The van der Waals surface area contributed by atoms with Crippen LogP contribution in [0.3, 0.4) is 0 Å². The number of nitrogens with zero attached hydrogens (tertiary/aromatic N) is 2. The number of nitrogens with one attached hydrogen (secondary N) is 1. The molecular weight excluding hydrogens is 210 g/mol. The molecule has 3 atom stereocenters. The van der Waals surface area contributed by atoms with E-state index in [9.17, 15) is 0 Å². The number of likely N-dealkylation sites (N-methyl/N-ethyl adjacent to an activating group) is 2. The van der Waals surface area contributed by atoms with E-state index >= 15 is 0 Å². The second-order valence-electron chi connectivity index (χ2n) is 5.66. The van der Waals surface area contributed by atoms with E-state index in [-0.39, 0.29) is 0 Å². The highest BCUT2D eigenvalue weighted by Crippen LogP contribution is 2.14. The van der Waals surface area contributed by atoms with Crippen LogP contribution in [0.4, 0.5) is 0 Å². The van der Waals surface area contributed by atoms with E-state index in [1.54, 1.807) is 0 Å². The molecule has 1 N–H and O–H groups in total. The summed E-state index contributed by atoms with van der Waals surface area (Å²) >= 11 is 0. The van der Waals surface area contributed by atoms with Gasteiger partial charge in [0.2, 0.25) is 0 Å². The predicted octanol–water partition coefficient (Wildman–Crippen LogP) is 1.65. The van der Waals surface area contributed by atoms with Gasteiger partial charge in [-0.25, -0.2) is 0 Å². The summed E-state index contributed by atoms with van der Waals surface area (Å²) in [7, 11) is 2.23. The van der Waals surface area contributed by atoms with Crippen molar-refractivity contribution in [2.75, 3.05) is 39.8 Å². The Morgan fingerprint density at radius 3 is 2.53 bits per heavy atom. The van der Waals surface area contributed by atoms with Crippen molar-refractivity contribution in [3.8, 4) is 0 Å². The Morgan fingerprint density at radius 2 is 2.00 bits per heavy atom. The number of hydrogen-bond donors (Lipinski definition) is 1. The van der Waals surface area contributed by atoms with Crippen LogP contribution in [-0.2, 0) is 0 Å². The molecule has 0 radical (unpaired) electrons. The van der Waals surface area contributed by atoms with Crippen LogP contribution in [0.5, 0.6) is 0 Å². The van der Waals surface area contributed by atoms with Gasteiger partial charge in [0, 0.05) is 38.3 Å². The average molecular weight is 241 g/mol. The van der Waals surface area contributed by atoms with Gasteiger partial charge in [-0.15, -0.1) is 0 Å². The molecule has 0 aromatic rings. The molecule has 17 heavy (non-hydrogen) atoms. The molecule has 1 aliphatic heterocycles. The first-order chi connectivity index (χ1) is 8.08. The fourth-order valence-electron chi connectivity index (χ4n) is 2.69. The van der Waals surface area contributed by atoms with Crippen LogP contribution in [0.1, 0.15) is 34.1 Å². The highest BCUT2D eigenvalue weighted by molar-refractivity contribution is 4.83. The zero-order valence-electron chi connectivity index (χ0n) is 12.4. The van der Waals surface area contributed by atoms with E-state index in [1.165, 1.54) is 32.6 Å². The first-order valence-electron chi connectivity index (χ1n) is 7.24. The van der Waals surface area contributed by atoms with Crippen molar-refractivity contribution in [3.05, 3.63) is 0 Å². The van der Waals surface area contributed by atoms with E-state index in [1.807, 2.05) is 0 Å². The van der Waals surface area contributed by atoms with Crippen LogP contribution >= 0.6 is 0 Å². The van der Waals surface area contributed by atoms with Crippen molar-refractivity contribution in [3.63, 3.8) is 0 Å². The van der Waals surface area contributed by atoms with Gasteiger partial charge < -0.3 is 10.2 Å². The number of hydrogen-bond acceptors (Lipinski definition) is 3. The third-order valence-electron chi connectivity index (χ3n) is 4.20. The summed E-state index contributed by atoms with van der Waals surface area (Å²) in [5, 5.41) is 3.66. The first kappa shape index (κ1) is 14.9. The SMILES string of the molecule is CCNC(CN1CCN(C)CC1C)C(C)CC. The van der Waals surface area contributed by atoms with Crippen LogP contribution in [0.2, 0.25) is 0 Å². The largest absolute Gasteiger partial charge is 0.313 e. The lowest BCUT2D eigenvalue weighted by Crippen LogP contribution is -2.55.